The molecule has 1 atom stereocenters. The predicted molar refractivity (Wildman–Crippen MR) is 73.9 cm³/mol. The number of carboxylic acid groups (broad SMARTS) is 1. The summed E-state index contributed by atoms with van der Waals surface area (Å²) < 4.78 is 0. The molecule has 0 radical (unpaired) electrons. The first-order valence-electron chi connectivity index (χ1n) is 7.05. The summed E-state index contributed by atoms with van der Waals surface area (Å²) in [7, 11) is 0. The highest BCUT2D eigenvalue weighted by atomic mass is 16.4. The van der Waals surface area contributed by atoms with E-state index < -0.39 is 5.97 Å². The molecule has 2 N–H and O–H groups in total. The van der Waals surface area contributed by atoms with Gasteiger partial charge in [-0.1, -0.05) is 6.92 Å². The zero-order chi connectivity index (χ0) is 14.6. The van der Waals surface area contributed by atoms with Crippen molar-refractivity contribution in [3.63, 3.8) is 0 Å². The summed E-state index contributed by atoms with van der Waals surface area (Å²) in [5.74, 6) is -0.942. The highest BCUT2D eigenvalue weighted by Gasteiger charge is 2.31. The van der Waals surface area contributed by atoms with Crippen LogP contribution in [-0.2, 0) is 9.59 Å². The number of aliphatic carboxylic acids is 1. The van der Waals surface area contributed by atoms with Crippen LogP contribution in [0.2, 0.25) is 0 Å². The Labute approximate surface area is 115 Å². The van der Waals surface area contributed by atoms with Gasteiger partial charge in [-0.25, -0.2) is 0 Å². The van der Waals surface area contributed by atoms with Crippen molar-refractivity contribution in [2.45, 2.75) is 58.5 Å². The summed E-state index contributed by atoms with van der Waals surface area (Å²) in [6, 6.07) is -0.194. The van der Waals surface area contributed by atoms with Crippen LogP contribution in [0.4, 0.5) is 0 Å². The Morgan fingerprint density at radius 1 is 1.37 bits per heavy atom. The number of nitrogens with zero attached hydrogens (tertiary/aromatic N) is 1. The van der Waals surface area contributed by atoms with Crippen molar-refractivity contribution < 1.29 is 14.7 Å². The van der Waals surface area contributed by atoms with Gasteiger partial charge < -0.3 is 10.4 Å². The van der Waals surface area contributed by atoms with Crippen LogP contribution in [0.3, 0.4) is 0 Å². The minimum Gasteiger partial charge on any atom is -0.481 e. The van der Waals surface area contributed by atoms with Crippen molar-refractivity contribution in [3.05, 3.63) is 0 Å². The minimum absolute atomic E-state index is 0.0284. The molecule has 5 heteroatoms. The fourth-order valence-corrected chi connectivity index (χ4v) is 2.23. The largest absolute Gasteiger partial charge is 0.481 e. The number of nitrogens with one attached hydrogen (secondary N) is 1. The van der Waals surface area contributed by atoms with Gasteiger partial charge in [0.15, 0.2) is 0 Å². The van der Waals surface area contributed by atoms with E-state index >= 15 is 0 Å². The van der Waals surface area contributed by atoms with Gasteiger partial charge in [0.1, 0.15) is 0 Å². The lowest BCUT2D eigenvalue weighted by Gasteiger charge is -2.35. The van der Waals surface area contributed by atoms with Crippen LogP contribution in [0.5, 0.6) is 0 Å². The van der Waals surface area contributed by atoms with E-state index in [2.05, 4.69) is 10.2 Å². The third-order valence-electron chi connectivity index (χ3n) is 4.15. The van der Waals surface area contributed by atoms with Gasteiger partial charge >= 0.3 is 5.97 Å². The standard InChI is InChI=1S/C14H26N2O3/c1-5-14(3,4)15-12(17)10(2)16-8-6-11(7-9-16)13(18)19/h10-11H,5-9H2,1-4H3,(H,15,17)(H,18,19). The smallest absolute Gasteiger partial charge is 0.306 e. The number of hydrogen-bond acceptors (Lipinski definition) is 3. The predicted octanol–water partition coefficient (Wildman–Crippen LogP) is 1.48. The van der Waals surface area contributed by atoms with E-state index in [1.54, 1.807) is 0 Å². The lowest BCUT2D eigenvalue weighted by atomic mass is 9.95. The Morgan fingerprint density at radius 3 is 2.32 bits per heavy atom. The molecule has 5 nitrogen and oxygen atoms in total. The third kappa shape index (κ3) is 4.49. The van der Waals surface area contributed by atoms with Gasteiger partial charge in [-0.3, -0.25) is 14.5 Å². The van der Waals surface area contributed by atoms with Crippen molar-refractivity contribution in [2.24, 2.45) is 5.92 Å². The lowest BCUT2D eigenvalue weighted by Crippen LogP contribution is -2.53. The second-order valence-corrected chi connectivity index (χ2v) is 6.05. The Balaban J connectivity index is 2.49. The average Bonchev–Trinajstić information content (AvgIpc) is 2.37. The van der Waals surface area contributed by atoms with Gasteiger partial charge in [-0.2, -0.15) is 0 Å². The van der Waals surface area contributed by atoms with Gasteiger partial charge in [0, 0.05) is 5.54 Å². The molecule has 0 saturated carbocycles. The fraction of sp³-hybridized carbons (Fsp3) is 0.857. The molecule has 19 heavy (non-hydrogen) atoms. The topological polar surface area (TPSA) is 69.6 Å². The SMILES string of the molecule is CCC(C)(C)NC(=O)C(C)N1CCC(C(=O)O)CC1. The number of likely N-dealkylation sites (tertiary alicyclic amines) is 1. The number of rotatable bonds is 5. The van der Waals surface area contributed by atoms with Crippen LogP contribution in [0.15, 0.2) is 0 Å². The Hall–Kier alpha value is -1.10. The maximum Gasteiger partial charge on any atom is 0.306 e. The fourth-order valence-electron chi connectivity index (χ4n) is 2.23. The number of carboxylic acids is 1. The van der Waals surface area contributed by atoms with Crippen molar-refractivity contribution in [1.82, 2.24) is 10.2 Å². The number of amides is 1. The summed E-state index contributed by atoms with van der Waals surface area (Å²) in [4.78, 5) is 25.1. The molecule has 1 saturated heterocycles. The molecular weight excluding hydrogens is 244 g/mol. The molecule has 0 bridgehead atoms. The molecule has 0 aromatic heterocycles. The molecule has 1 aliphatic rings. The quantitative estimate of drug-likeness (QED) is 0.794. The lowest BCUT2D eigenvalue weighted by molar-refractivity contribution is -0.143. The number of carbonyl (C=O) groups is 2. The van der Waals surface area contributed by atoms with Crippen LogP contribution in [0.25, 0.3) is 0 Å². The minimum atomic E-state index is -0.719. The van der Waals surface area contributed by atoms with Crippen molar-refractivity contribution in [2.75, 3.05) is 13.1 Å². The van der Waals surface area contributed by atoms with E-state index in [1.165, 1.54) is 0 Å². The van der Waals surface area contributed by atoms with Crippen LogP contribution in [-0.4, -0.2) is 46.6 Å². The van der Waals surface area contributed by atoms with E-state index in [4.69, 9.17) is 5.11 Å². The van der Waals surface area contributed by atoms with Crippen molar-refractivity contribution in [1.29, 1.82) is 0 Å². The summed E-state index contributed by atoms with van der Waals surface area (Å²) in [5.41, 5.74) is -0.190. The summed E-state index contributed by atoms with van der Waals surface area (Å²) in [5, 5.41) is 12.0. The van der Waals surface area contributed by atoms with Crippen molar-refractivity contribution >= 4 is 11.9 Å². The molecule has 0 aromatic carbocycles. The van der Waals surface area contributed by atoms with Gasteiger partial charge in [-0.05, 0) is 53.1 Å². The van der Waals surface area contributed by atoms with Crippen molar-refractivity contribution in [3.8, 4) is 0 Å². The van der Waals surface area contributed by atoms with Gasteiger partial charge in [0.2, 0.25) is 5.91 Å². The number of carbonyl (C=O) groups excluding carboxylic acids is 1. The normalized spacial score (nSPS) is 20.0. The summed E-state index contributed by atoms with van der Waals surface area (Å²) in [6.45, 7) is 9.31. The molecule has 1 rings (SSSR count). The molecule has 1 fully saturated rings. The highest BCUT2D eigenvalue weighted by Crippen LogP contribution is 2.19. The first kappa shape index (κ1) is 16.0. The molecular formula is C14H26N2O3. The van der Waals surface area contributed by atoms with Crippen LogP contribution < -0.4 is 5.32 Å². The molecule has 0 aromatic rings. The molecule has 0 aliphatic carbocycles. The van der Waals surface area contributed by atoms with E-state index in [0.29, 0.717) is 25.9 Å². The Morgan fingerprint density at radius 2 is 1.89 bits per heavy atom. The molecule has 1 aliphatic heterocycles. The molecule has 1 amide bonds. The van der Waals surface area contributed by atoms with Crippen LogP contribution in [0, 0.1) is 5.92 Å². The average molecular weight is 270 g/mol. The van der Waals surface area contributed by atoms with Gasteiger partial charge in [0.05, 0.1) is 12.0 Å². The van der Waals surface area contributed by atoms with Gasteiger partial charge in [0.25, 0.3) is 0 Å². The molecule has 1 heterocycles. The third-order valence-corrected chi connectivity index (χ3v) is 4.15. The summed E-state index contributed by atoms with van der Waals surface area (Å²) >= 11 is 0. The maximum absolute atomic E-state index is 12.2. The van der Waals surface area contributed by atoms with E-state index in [1.807, 2.05) is 27.7 Å². The van der Waals surface area contributed by atoms with E-state index in [0.717, 1.165) is 6.42 Å². The van der Waals surface area contributed by atoms with Crippen LogP contribution in [0.1, 0.15) is 47.0 Å². The first-order valence-corrected chi connectivity index (χ1v) is 7.05. The van der Waals surface area contributed by atoms with Gasteiger partial charge in [-0.15, -0.1) is 0 Å². The molecule has 110 valence electrons. The monoisotopic (exact) mass is 270 g/mol. The molecule has 0 spiro atoms. The zero-order valence-electron chi connectivity index (χ0n) is 12.4. The second kappa shape index (κ2) is 6.37. The van der Waals surface area contributed by atoms with E-state index in [9.17, 15) is 9.59 Å². The number of hydrogen-bond donors (Lipinski definition) is 2. The second-order valence-electron chi connectivity index (χ2n) is 6.05. The maximum atomic E-state index is 12.2. The molecule has 1 unspecified atom stereocenters. The Bertz CT molecular complexity index is 334. The first-order chi connectivity index (χ1) is 8.76. The highest BCUT2D eigenvalue weighted by molar-refractivity contribution is 5.82. The summed E-state index contributed by atoms with van der Waals surface area (Å²) in [6.07, 6.45) is 2.14. The van der Waals surface area contributed by atoms with Crippen LogP contribution >= 0.6 is 0 Å². The Kier molecular flexibility index (Phi) is 5.35. The number of piperidine rings is 1. The van der Waals surface area contributed by atoms with E-state index in [-0.39, 0.29) is 23.4 Å². The zero-order valence-corrected chi connectivity index (χ0v) is 12.4.